The van der Waals surface area contributed by atoms with Crippen LogP contribution in [-0.2, 0) is 10.0 Å². The molecule has 1 N–H and O–H groups in total. The van der Waals surface area contributed by atoms with Gasteiger partial charge in [0.05, 0.1) is 17.7 Å². The van der Waals surface area contributed by atoms with E-state index in [1.54, 1.807) is 7.11 Å². The van der Waals surface area contributed by atoms with Crippen LogP contribution in [0.2, 0.25) is 0 Å². The number of halogens is 1. The zero-order chi connectivity index (χ0) is 20.0. The zero-order valence-electron chi connectivity index (χ0n) is 16.0. The molecule has 0 unspecified atom stereocenters. The molecule has 1 aliphatic heterocycles. The van der Waals surface area contributed by atoms with Crippen LogP contribution in [-0.4, -0.2) is 59.7 Å². The summed E-state index contributed by atoms with van der Waals surface area (Å²) >= 11 is 0. The fourth-order valence-electron chi connectivity index (χ4n) is 3.33. The Morgan fingerprint density at radius 3 is 2.54 bits per heavy atom. The van der Waals surface area contributed by atoms with E-state index < -0.39 is 15.8 Å². The topological polar surface area (TPSA) is 61.9 Å². The molecule has 8 heteroatoms. The zero-order valence-corrected chi connectivity index (χ0v) is 16.8. The van der Waals surface area contributed by atoms with E-state index in [0.717, 1.165) is 50.2 Å². The molecule has 28 heavy (non-hydrogen) atoms. The number of rotatable bonds is 8. The Kier molecular flexibility index (Phi) is 6.88. The summed E-state index contributed by atoms with van der Waals surface area (Å²) in [5.41, 5.74) is 1.10. The molecule has 6 nitrogen and oxygen atoms in total. The summed E-state index contributed by atoms with van der Waals surface area (Å²) in [5, 5.41) is 0. The number of hydrogen-bond donors (Lipinski definition) is 1. The standard InChI is InChI=1S/C20H26FN3O3S/c1-27-20-9-3-2-8-19(20)24-14-12-23(13-15-24)11-5-10-22-28(25,26)18-7-4-6-17(21)16-18/h2-4,6-9,16,22H,5,10-15H2,1H3. The highest BCUT2D eigenvalue weighted by molar-refractivity contribution is 7.89. The first-order valence-electron chi connectivity index (χ1n) is 9.35. The number of nitrogens with zero attached hydrogens (tertiary/aromatic N) is 2. The predicted octanol–water partition coefficient (Wildman–Crippen LogP) is 2.32. The van der Waals surface area contributed by atoms with E-state index in [4.69, 9.17) is 4.74 Å². The summed E-state index contributed by atoms with van der Waals surface area (Å²) < 4.78 is 45.6. The fourth-order valence-corrected chi connectivity index (χ4v) is 4.44. The fraction of sp³-hybridized carbons (Fsp3) is 0.400. The number of anilines is 1. The van der Waals surface area contributed by atoms with Crippen molar-refractivity contribution in [3.8, 4) is 5.75 Å². The molecule has 0 atom stereocenters. The van der Waals surface area contributed by atoms with E-state index in [9.17, 15) is 12.8 Å². The Balaban J connectivity index is 1.42. The number of sulfonamides is 1. The molecule has 3 rings (SSSR count). The predicted molar refractivity (Wildman–Crippen MR) is 108 cm³/mol. The van der Waals surface area contributed by atoms with Crippen LogP contribution >= 0.6 is 0 Å². The van der Waals surface area contributed by atoms with Gasteiger partial charge in [-0.25, -0.2) is 17.5 Å². The normalized spacial score (nSPS) is 15.6. The average Bonchev–Trinajstić information content (AvgIpc) is 2.72. The van der Waals surface area contributed by atoms with Gasteiger partial charge in [0.15, 0.2) is 0 Å². The number of nitrogens with one attached hydrogen (secondary N) is 1. The summed E-state index contributed by atoms with van der Waals surface area (Å²) in [6.45, 7) is 4.76. The van der Waals surface area contributed by atoms with Gasteiger partial charge in [-0.2, -0.15) is 0 Å². The molecule has 0 aliphatic carbocycles. The summed E-state index contributed by atoms with van der Waals surface area (Å²) in [4.78, 5) is 4.59. The molecule has 0 aromatic heterocycles. The number of methoxy groups -OCH3 is 1. The lowest BCUT2D eigenvalue weighted by molar-refractivity contribution is 0.254. The van der Waals surface area contributed by atoms with Gasteiger partial charge in [-0.05, 0) is 43.3 Å². The summed E-state index contributed by atoms with van der Waals surface area (Å²) in [6.07, 6.45) is 0.698. The van der Waals surface area contributed by atoms with Crippen molar-refractivity contribution >= 4 is 15.7 Å². The molecule has 1 heterocycles. The second kappa shape index (κ2) is 9.36. The molecule has 0 spiro atoms. The second-order valence-electron chi connectivity index (χ2n) is 6.71. The lowest BCUT2D eigenvalue weighted by Crippen LogP contribution is -2.47. The molecule has 152 valence electrons. The van der Waals surface area contributed by atoms with E-state index in [2.05, 4.69) is 20.6 Å². The van der Waals surface area contributed by atoms with Crippen molar-refractivity contribution in [3.05, 3.63) is 54.3 Å². The average molecular weight is 408 g/mol. The van der Waals surface area contributed by atoms with Gasteiger partial charge in [0.25, 0.3) is 0 Å². The SMILES string of the molecule is COc1ccccc1N1CCN(CCCNS(=O)(=O)c2cccc(F)c2)CC1. The lowest BCUT2D eigenvalue weighted by Gasteiger charge is -2.36. The summed E-state index contributed by atoms with van der Waals surface area (Å²) in [5.74, 6) is 0.318. The molecule has 2 aromatic rings. The Morgan fingerprint density at radius 2 is 1.82 bits per heavy atom. The van der Waals surface area contributed by atoms with Gasteiger partial charge in [0.2, 0.25) is 10.0 Å². The second-order valence-corrected chi connectivity index (χ2v) is 8.48. The van der Waals surface area contributed by atoms with Crippen LogP contribution in [0.25, 0.3) is 0 Å². The Morgan fingerprint density at radius 1 is 1.07 bits per heavy atom. The van der Waals surface area contributed by atoms with Crippen LogP contribution < -0.4 is 14.4 Å². The minimum atomic E-state index is -3.67. The molecule has 0 radical (unpaired) electrons. The van der Waals surface area contributed by atoms with Crippen molar-refractivity contribution in [2.24, 2.45) is 0 Å². The summed E-state index contributed by atoms with van der Waals surface area (Å²) in [6, 6.07) is 13.0. The van der Waals surface area contributed by atoms with E-state index >= 15 is 0 Å². The van der Waals surface area contributed by atoms with Crippen molar-refractivity contribution in [3.63, 3.8) is 0 Å². The van der Waals surface area contributed by atoms with Crippen LogP contribution in [0, 0.1) is 5.82 Å². The molecule has 0 amide bonds. The van der Waals surface area contributed by atoms with Crippen molar-refractivity contribution in [1.29, 1.82) is 0 Å². The van der Waals surface area contributed by atoms with Crippen LogP contribution in [0.4, 0.5) is 10.1 Å². The van der Waals surface area contributed by atoms with Gasteiger partial charge in [-0.3, -0.25) is 4.90 Å². The third kappa shape index (κ3) is 5.21. The van der Waals surface area contributed by atoms with Crippen molar-refractivity contribution in [1.82, 2.24) is 9.62 Å². The number of benzene rings is 2. The van der Waals surface area contributed by atoms with Gasteiger partial charge in [-0.1, -0.05) is 18.2 Å². The lowest BCUT2D eigenvalue weighted by atomic mass is 10.2. The first-order chi connectivity index (χ1) is 13.5. The number of para-hydroxylation sites is 2. The maximum Gasteiger partial charge on any atom is 0.240 e. The minimum Gasteiger partial charge on any atom is -0.495 e. The van der Waals surface area contributed by atoms with E-state index in [1.807, 2.05) is 18.2 Å². The highest BCUT2D eigenvalue weighted by atomic mass is 32.2. The minimum absolute atomic E-state index is 0.0436. The molecular weight excluding hydrogens is 381 g/mol. The van der Waals surface area contributed by atoms with E-state index in [0.29, 0.717) is 13.0 Å². The highest BCUT2D eigenvalue weighted by Gasteiger charge is 2.19. The van der Waals surface area contributed by atoms with Crippen molar-refractivity contribution < 1.29 is 17.5 Å². The van der Waals surface area contributed by atoms with Crippen LogP contribution in [0.1, 0.15) is 6.42 Å². The number of ether oxygens (including phenoxy) is 1. The monoisotopic (exact) mass is 407 g/mol. The highest BCUT2D eigenvalue weighted by Crippen LogP contribution is 2.28. The molecule has 2 aromatic carbocycles. The molecule has 1 saturated heterocycles. The Hall–Kier alpha value is -2.16. The first kappa shape index (κ1) is 20.6. The smallest absolute Gasteiger partial charge is 0.240 e. The van der Waals surface area contributed by atoms with Crippen LogP contribution in [0.5, 0.6) is 5.75 Å². The van der Waals surface area contributed by atoms with Crippen molar-refractivity contribution in [2.75, 3.05) is 51.3 Å². The maximum atomic E-state index is 13.2. The number of piperazine rings is 1. The van der Waals surface area contributed by atoms with Gasteiger partial charge < -0.3 is 9.64 Å². The van der Waals surface area contributed by atoms with Gasteiger partial charge >= 0.3 is 0 Å². The molecule has 0 bridgehead atoms. The maximum absolute atomic E-state index is 13.2. The molecular formula is C20H26FN3O3S. The van der Waals surface area contributed by atoms with Crippen molar-refractivity contribution in [2.45, 2.75) is 11.3 Å². The van der Waals surface area contributed by atoms with Gasteiger partial charge in [0.1, 0.15) is 11.6 Å². The molecule has 1 fully saturated rings. The quantitative estimate of drug-likeness (QED) is 0.681. The largest absolute Gasteiger partial charge is 0.495 e. The molecule has 0 saturated carbocycles. The van der Waals surface area contributed by atoms with Gasteiger partial charge in [0, 0.05) is 32.7 Å². The van der Waals surface area contributed by atoms with Crippen LogP contribution in [0.15, 0.2) is 53.4 Å². The van der Waals surface area contributed by atoms with E-state index in [-0.39, 0.29) is 4.90 Å². The first-order valence-corrected chi connectivity index (χ1v) is 10.8. The van der Waals surface area contributed by atoms with E-state index in [1.165, 1.54) is 18.2 Å². The third-order valence-electron chi connectivity index (χ3n) is 4.85. The Labute approximate surface area is 166 Å². The Bertz CT molecular complexity index is 884. The third-order valence-corrected chi connectivity index (χ3v) is 6.31. The molecule has 1 aliphatic rings. The van der Waals surface area contributed by atoms with Crippen LogP contribution in [0.3, 0.4) is 0 Å². The number of hydrogen-bond acceptors (Lipinski definition) is 5. The van der Waals surface area contributed by atoms with Gasteiger partial charge in [-0.15, -0.1) is 0 Å². The summed E-state index contributed by atoms with van der Waals surface area (Å²) in [7, 11) is -1.99.